The van der Waals surface area contributed by atoms with E-state index in [4.69, 9.17) is 5.73 Å². The Kier molecular flexibility index (Phi) is 3.64. The molecule has 17 heavy (non-hydrogen) atoms. The summed E-state index contributed by atoms with van der Waals surface area (Å²) in [4.78, 5) is 5.54. The van der Waals surface area contributed by atoms with Crippen molar-refractivity contribution in [3.05, 3.63) is 40.1 Å². The molecule has 3 nitrogen and oxygen atoms in total. The number of nitrogens with zero attached hydrogens (tertiary/aromatic N) is 2. The molecule has 4 heteroatoms. The van der Waals surface area contributed by atoms with Crippen LogP contribution in [0.1, 0.15) is 35.3 Å². The maximum absolute atomic E-state index is 6.13. The first kappa shape index (κ1) is 12.3. The van der Waals surface area contributed by atoms with E-state index >= 15 is 0 Å². The lowest BCUT2D eigenvalue weighted by Crippen LogP contribution is -2.15. The number of thiazole rings is 1. The highest BCUT2D eigenvalue weighted by Crippen LogP contribution is 2.20. The maximum Gasteiger partial charge on any atom is 0.0897 e. The van der Waals surface area contributed by atoms with Gasteiger partial charge >= 0.3 is 0 Å². The van der Waals surface area contributed by atoms with E-state index in [2.05, 4.69) is 41.9 Å². The predicted molar refractivity (Wildman–Crippen MR) is 72.2 cm³/mol. The van der Waals surface area contributed by atoms with E-state index in [0.29, 0.717) is 5.92 Å². The largest absolute Gasteiger partial charge is 0.349 e. The first-order chi connectivity index (χ1) is 8.06. The van der Waals surface area contributed by atoms with E-state index in [9.17, 15) is 0 Å². The minimum Gasteiger partial charge on any atom is -0.349 e. The standard InChI is InChI=1S/C13H19N3S/c1-9(2)13(14)11-4-5-16(7-11)8-12-6-15-10(3)17-12/h4-7,9,13H,8,14H2,1-3H3. The zero-order valence-corrected chi connectivity index (χ0v) is 11.4. The highest BCUT2D eigenvalue weighted by atomic mass is 32.1. The molecule has 2 aromatic rings. The third kappa shape index (κ3) is 2.96. The topological polar surface area (TPSA) is 43.8 Å². The van der Waals surface area contributed by atoms with Gasteiger partial charge in [-0.2, -0.15) is 0 Å². The second kappa shape index (κ2) is 5.02. The summed E-state index contributed by atoms with van der Waals surface area (Å²) in [5.74, 6) is 0.469. The second-order valence-corrected chi connectivity index (χ2v) is 6.05. The molecule has 0 bridgehead atoms. The molecule has 2 heterocycles. The lowest BCUT2D eigenvalue weighted by molar-refractivity contribution is 0.513. The Morgan fingerprint density at radius 2 is 2.24 bits per heavy atom. The molecule has 0 radical (unpaired) electrons. The highest BCUT2D eigenvalue weighted by molar-refractivity contribution is 7.11. The van der Waals surface area contributed by atoms with Crippen LogP contribution in [-0.4, -0.2) is 9.55 Å². The molecule has 1 unspecified atom stereocenters. The van der Waals surface area contributed by atoms with E-state index in [1.807, 2.05) is 13.1 Å². The number of hydrogen-bond acceptors (Lipinski definition) is 3. The Hall–Kier alpha value is -1.13. The van der Waals surface area contributed by atoms with Gasteiger partial charge in [-0.1, -0.05) is 13.8 Å². The summed E-state index contributed by atoms with van der Waals surface area (Å²) in [5.41, 5.74) is 7.34. The van der Waals surface area contributed by atoms with Gasteiger partial charge in [-0.15, -0.1) is 11.3 Å². The van der Waals surface area contributed by atoms with Crippen LogP contribution >= 0.6 is 11.3 Å². The molecular formula is C13H19N3S. The van der Waals surface area contributed by atoms with Gasteiger partial charge in [-0.3, -0.25) is 0 Å². The second-order valence-electron chi connectivity index (χ2n) is 4.73. The van der Waals surface area contributed by atoms with Crippen molar-refractivity contribution in [2.45, 2.75) is 33.4 Å². The molecule has 0 saturated carbocycles. The van der Waals surface area contributed by atoms with Gasteiger partial charge in [0.25, 0.3) is 0 Å². The average Bonchev–Trinajstić information content (AvgIpc) is 2.87. The Morgan fingerprint density at radius 1 is 1.47 bits per heavy atom. The van der Waals surface area contributed by atoms with Crippen LogP contribution in [0, 0.1) is 12.8 Å². The lowest BCUT2D eigenvalue weighted by atomic mass is 10.00. The van der Waals surface area contributed by atoms with Gasteiger partial charge in [0, 0.05) is 29.5 Å². The minimum absolute atomic E-state index is 0.124. The summed E-state index contributed by atoms with van der Waals surface area (Å²) in [5, 5.41) is 1.12. The SMILES string of the molecule is Cc1ncc(Cn2ccc(C(N)C(C)C)c2)s1. The van der Waals surface area contributed by atoms with Crippen LogP contribution in [0.4, 0.5) is 0 Å². The molecule has 0 fully saturated rings. The molecule has 0 aromatic carbocycles. The molecule has 0 spiro atoms. The fraction of sp³-hybridized carbons (Fsp3) is 0.462. The van der Waals surface area contributed by atoms with Crippen molar-refractivity contribution < 1.29 is 0 Å². The van der Waals surface area contributed by atoms with Crippen molar-refractivity contribution in [3.8, 4) is 0 Å². The van der Waals surface area contributed by atoms with Gasteiger partial charge in [-0.25, -0.2) is 4.98 Å². The Morgan fingerprint density at radius 3 is 2.82 bits per heavy atom. The zero-order valence-electron chi connectivity index (χ0n) is 10.6. The van der Waals surface area contributed by atoms with Gasteiger partial charge in [0.05, 0.1) is 11.6 Å². The molecule has 0 aliphatic carbocycles. The molecule has 1 atom stereocenters. The summed E-state index contributed by atoms with van der Waals surface area (Å²) >= 11 is 1.74. The first-order valence-electron chi connectivity index (χ1n) is 5.89. The minimum atomic E-state index is 0.124. The third-order valence-corrected chi connectivity index (χ3v) is 3.78. The number of nitrogens with two attached hydrogens (primary N) is 1. The zero-order chi connectivity index (χ0) is 12.4. The maximum atomic E-state index is 6.13. The molecule has 0 saturated heterocycles. The predicted octanol–water partition coefficient (Wildman–Crippen LogP) is 2.96. The summed E-state index contributed by atoms with van der Waals surface area (Å²) in [7, 11) is 0. The van der Waals surface area contributed by atoms with Gasteiger partial charge in [0.15, 0.2) is 0 Å². The summed E-state index contributed by atoms with van der Waals surface area (Å²) in [6, 6.07) is 2.23. The molecule has 0 amide bonds. The van der Waals surface area contributed by atoms with Gasteiger partial charge in [0.2, 0.25) is 0 Å². The monoisotopic (exact) mass is 249 g/mol. The van der Waals surface area contributed by atoms with Crippen LogP contribution in [0.25, 0.3) is 0 Å². The van der Waals surface area contributed by atoms with Crippen LogP contribution in [0.15, 0.2) is 24.7 Å². The summed E-state index contributed by atoms with van der Waals surface area (Å²) in [6.45, 7) is 7.21. The third-order valence-electron chi connectivity index (χ3n) is 2.88. The Bertz CT molecular complexity index is 484. The van der Waals surface area contributed by atoms with E-state index < -0.39 is 0 Å². The number of aromatic nitrogens is 2. The summed E-state index contributed by atoms with van der Waals surface area (Å²) < 4.78 is 2.17. The van der Waals surface area contributed by atoms with Crippen LogP contribution in [-0.2, 0) is 6.54 Å². The molecule has 2 rings (SSSR count). The van der Waals surface area contributed by atoms with Crippen molar-refractivity contribution in [1.29, 1.82) is 0 Å². The summed E-state index contributed by atoms with van der Waals surface area (Å²) in [6.07, 6.45) is 6.17. The van der Waals surface area contributed by atoms with Crippen molar-refractivity contribution in [3.63, 3.8) is 0 Å². The number of aryl methyl sites for hydroxylation is 1. The van der Waals surface area contributed by atoms with Crippen LogP contribution in [0.5, 0.6) is 0 Å². The smallest absolute Gasteiger partial charge is 0.0897 e. The van der Waals surface area contributed by atoms with E-state index in [0.717, 1.165) is 11.6 Å². The van der Waals surface area contributed by atoms with Gasteiger partial charge < -0.3 is 10.3 Å². The van der Waals surface area contributed by atoms with E-state index in [1.54, 1.807) is 11.3 Å². The van der Waals surface area contributed by atoms with Crippen molar-refractivity contribution in [2.75, 3.05) is 0 Å². The normalized spacial score (nSPS) is 13.2. The van der Waals surface area contributed by atoms with Crippen molar-refractivity contribution >= 4 is 11.3 Å². The van der Waals surface area contributed by atoms with Crippen LogP contribution in [0.3, 0.4) is 0 Å². The van der Waals surface area contributed by atoms with Crippen molar-refractivity contribution in [1.82, 2.24) is 9.55 Å². The molecule has 2 N–H and O–H groups in total. The molecule has 92 valence electrons. The van der Waals surface area contributed by atoms with Crippen LogP contribution < -0.4 is 5.73 Å². The van der Waals surface area contributed by atoms with E-state index in [1.165, 1.54) is 10.4 Å². The number of hydrogen-bond donors (Lipinski definition) is 1. The lowest BCUT2D eigenvalue weighted by Gasteiger charge is -2.13. The van der Waals surface area contributed by atoms with Gasteiger partial charge in [-0.05, 0) is 24.5 Å². The Balaban J connectivity index is 2.08. The van der Waals surface area contributed by atoms with E-state index in [-0.39, 0.29) is 6.04 Å². The average molecular weight is 249 g/mol. The molecule has 0 aliphatic rings. The number of rotatable bonds is 4. The quantitative estimate of drug-likeness (QED) is 0.905. The van der Waals surface area contributed by atoms with Gasteiger partial charge in [0.1, 0.15) is 0 Å². The van der Waals surface area contributed by atoms with Crippen molar-refractivity contribution in [2.24, 2.45) is 11.7 Å². The molecule has 2 aromatic heterocycles. The fourth-order valence-corrected chi connectivity index (χ4v) is 2.60. The fourth-order valence-electron chi connectivity index (χ4n) is 1.80. The van der Waals surface area contributed by atoms with Crippen LogP contribution in [0.2, 0.25) is 0 Å². The highest BCUT2D eigenvalue weighted by Gasteiger charge is 2.11. The molecule has 0 aliphatic heterocycles. The Labute approximate surface area is 106 Å². The molecular weight excluding hydrogens is 230 g/mol. The first-order valence-corrected chi connectivity index (χ1v) is 6.70.